The number of H-pyrrole nitrogens is 1. The Balaban J connectivity index is 1.48. The summed E-state index contributed by atoms with van der Waals surface area (Å²) in [6, 6.07) is 14.1. The first-order valence-corrected chi connectivity index (χ1v) is 10.6. The summed E-state index contributed by atoms with van der Waals surface area (Å²) < 4.78 is 11.1. The van der Waals surface area contributed by atoms with Gasteiger partial charge >= 0.3 is 0 Å². The van der Waals surface area contributed by atoms with Gasteiger partial charge in [-0.3, -0.25) is 0 Å². The molecule has 0 fully saturated rings. The lowest BCUT2D eigenvalue weighted by molar-refractivity contribution is 0.243. The van der Waals surface area contributed by atoms with E-state index in [1.54, 1.807) is 11.8 Å². The molecule has 0 unspecified atom stereocenters. The molecule has 0 aliphatic rings. The molecule has 0 amide bonds. The molecule has 4 aromatic rings. The Bertz CT molecular complexity index is 1100. The molecule has 0 atom stereocenters. The summed E-state index contributed by atoms with van der Waals surface area (Å²) in [6.07, 6.45) is 2.04. The molecule has 0 aliphatic heterocycles. The van der Waals surface area contributed by atoms with Gasteiger partial charge in [0.1, 0.15) is 5.75 Å². The van der Waals surface area contributed by atoms with Crippen molar-refractivity contribution in [2.24, 2.45) is 0 Å². The normalized spacial score (nSPS) is 11.3. The van der Waals surface area contributed by atoms with Crippen LogP contribution in [0.5, 0.6) is 5.75 Å². The molecule has 0 bridgehead atoms. The van der Waals surface area contributed by atoms with Crippen molar-refractivity contribution in [2.75, 3.05) is 18.2 Å². The predicted octanol–water partition coefficient (Wildman–Crippen LogP) is 4.76. The van der Waals surface area contributed by atoms with Crippen LogP contribution >= 0.6 is 11.8 Å². The highest BCUT2D eigenvalue weighted by molar-refractivity contribution is 7.98. The minimum atomic E-state index is 0.223. The zero-order valence-corrected chi connectivity index (χ0v) is 17.7. The molecule has 2 aromatic carbocycles. The fraction of sp³-hybridized carbons (Fsp3) is 0.286. The summed E-state index contributed by atoms with van der Waals surface area (Å²) in [5.74, 6) is 2.56. The highest BCUT2D eigenvalue weighted by Crippen LogP contribution is 2.24. The Morgan fingerprint density at radius 3 is 2.66 bits per heavy atom. The molecule has 4 rings (SSSR count). The second-order valence-corrected chi connectivity index (χ2v) is 7.85. The highest BCUT2D eigenvalue weighted by Gasteiger charge is 2.13. The van der Waals surface area contributed by atoms with Crippen molar-refractivity contribution in [2.45, 2.75) is 31.4 Å². The summed E-state index contributed by atoms with van der Waals surface area (Å²) >= 11 is 1.69. The molecule has 1 N–H and O–H groups in total. The minimum absolute atomic E-state index is 0.223. The summed E-state index contributed by atoms with van der Waals surface area (Å²) in [6.45, 7) is 4.47. The third-order valence-corrected chi connectivity index (χ3v) is 5.47. The van der Waals surface area contributed by atoms with Gasteiger partial charge < -0.3 is 19.1 Å². The van der Waals surface area contributed by atoms with Crippen molar-refractivity contribution in [1.29, 1.82) is 0 Å². The van der Waals surface area contributed by atoms with Gasteiger partial charge in [-0.15, -0.1) is 11.8 Å². The lowest BCUT2D eigenvalue weighted by atomic mass is 10.2. The number of hydrogen-bond donors (Lipinski definition) is 1. The van der Waals surface area contributed by atoms with Crippen LogP contribution in [0.1, 0.15) is 19.7 Å². The number of ether oxygens (including phenoxy) is 1. The molecule has 0 aliphatic carbocycles. The fourth-order valence-corrected chi connectivity index (χ4v) is 3.20. The molecule has 0 saturated carbocycles. The standard InChI is InChI=1S/C21H23N5O2S/c1-13(2)26(3)21-22-17-10-5-14(11-18(17)23-21)20-24-19(28-25-20)12-27-15-6-8-16(29-4)9-7-15/h5-11,13H,12H2,1-4H3,(H,22,23). The van der Waals surface area contributed by atoms with E-state index in [4.69, 9.17) is 9.26 Å². The Morgan fingerprint density at radius 2 is 1.93 bits per heavy atom. The number of imidazole rings is 1. The number of nitrogens with one attached hydrogen (secondary N) is 1. The molecule has 150 valence electrons. The molecular formula is C21H23N5O2S. The Labute approximate surface area is 173 Å². The number of anilines is 1. The number of hydrogen-bond acceptors (Lipinski definition) is 7. The van der Waals surface area contributed by atoms with E-state index in [2.05, 4.69) is 38.9 Å². The van der Waals surface area contributed by atoms with E-state index in [-0.39, 0.29) is 6.61 Å². The molecule has 8 heteroatoms. The smallest absolute Gasteiger partial charge is 0.264 e. The Hall–Kier alpha value is -3.00. The second kappa shape index (κ2) is 8.16. The van der Waals surface area contributed by atoms with Gasteiger partial charge in [-0.1, -0.05) is 5.16 Å². The third kappa shape index (κ3) is 4.22. The van der Waals surface area contributed by atoms with Gasteiger partial charge in [0.15, 0.2) is 6.61 Å². The zero-order chi connectivity index (χ0) is 20.4. The largest absolute Gasteiger partial charge is 0.484 e. The number of fused-ring (bicyclic) bond motifs is 1. The first-order chi connectivity index (χ1) is 14.0. The summed E-state index contributed by atoms with van der Waals surface area (Å²) in [5, 5.41) is 4.09. The summed E-state index contributed by atoms with van der Waals surface area (Å²) in [5.41, 5.74) is 2.69. The third-order valence-electron chi connectivity index (χ3n) is 4.73. The maximum absolute atomic E-state index is 5.74. The van der Waals surface area contributed by atoms with Crippen molar-refractivity contribution in [3.05, 3.63) is 48.4 Å². The van der Waals surface area contributed by atoms with Gasteiger partial charge in [0.2, 0.25) is 11.8 Å². The van der Waals surface area contributed by atoms with Crippen molar-refractivity contribution >= 4 is 28.7 Å². The molecule has 7 nitrogen and oxygen atoms in total. The maximum atomic E-state index is 5.74. The average molecular weight is 410 g/mol. The van der Waals surface area contributed by atoms with E-state index in [9.17, 15) is 0 Å². The van der Waals surface area contributed by atoms with E-state index in [1.165, 1.54) is 4.90 Å². The quantitative estimate of drug-likeness (QED) is 0.441. The van der Waals surface area contributed by atoms with E-state index >= 15 is 0 Å². The first-order valence-electron chi connectivity index (χ1n) is 9.36. The SMILES string of the molecule is CSc1ccc(OCc2nc(-c3ccc4nc(N(C)C(C)C)[nH]c4c3)no2)cc1. The van der Waals surface area contributed by atoms with Crippen molar-refractivity contribution < 1.29 is 9.26 Å². The molecule has 0 spiro atoms. The predicted molar refractivity (Wildman–Crippen MR) is 115 cm³/mol. The molecule has 2 aromatic heterocycles. The van der Waals surface area contributed by atoms with Gasteiger partial charge in [0.25, 0.3) is 5.89 Å². The van der Waals surface area contributed by atoms with Crippen LogP contribution in [-0.2, 0) is 6.61 Å². The molecule has 0 saturated heterocycles. The van der Waals surface area contributed by atoms with Crippen molar-refractivity contribution in [1.82, 2.24) is 20.1 Å². The number of benzene rings is 2. The van der Waals surface area contributed by atoms with Crippen LogP contribution < -0.4 is 9.64 Å². The first kappa shape index (κ1) is 19.3. The van der Waals surface area contributed by atoms with E-state index in [1.807, 2.05) is 55.8 Å². The number of aromatic nitrogens is 4. The van der Waals surface area contributed by atoms with Crippen LogP contribution in [0.25, 0.3) is 22.4 Å². The van der Waals surface area contributed by atoms with Crippen molar-refractivity contribution in [3.63, 3.8) is 0 Å². The van der Waals surface area contributed by atoms with Crippen LogP contribution in [-0.4, -0.2) is 39.5 Å². The number of thioether (sulfide) groups is 1. The molecular weight excluding hydrogens is 386 g/mol. The van der Waals surface area contributed by atoms with Crippen LogP contribution in [0.15, 0.2) is 51.9 Å². The molecule has 29 heavy (non-hydrogen) atoms. The van der Waals surface area contributed by atoms with Crippen LogP contribution in [0.2, 0.25) is 0 Å². The number of rotatable bonds is 7. The average Bonchev–Trinajstić information content (AvgIpc) is 3.38. The zero-order valence-electron chi connectivity index (χ0n) is 16.8. The van der Waals surface area contributed by atoms with Crippen LogP contribution in [0.4, 0.5) is 5.95 Å². The molecule has 0 radical (unpaired) electrons. The minimum Gasteiger partial charge on any atom is -0.484 e. The maximum Gasteiger partial charge on any atom is 0.264 e. The second-order valence-electron chi connectivity index (χ2n) is 6.97. The van der Waals surface area contributed by atoms with E-state index in [0.717, 1.165) is 28.3 Å². The summed E-state index contributed by atoms with van der Waals surface area (Å²) in [4.78, 5) is 15.7. The topological polar surface area (TPSA) is 80.1 Å². The van der Waals surface area contributed by atoms with Gasteiger partial charge in [0, 0.05) is 23.5 Å². The van der Waals surface area contributed by atoms with Gasteiger partial charge in [-0.25, -0.2) is 4.98 Å². The van der Waals surface area contributed by atoms with Crippen molar-refractivity contribution in [3.8, 4) is 17.1 Å². The highest BCUT2D eigenvalue weighted by atomic mass is 32.2. The van der Waals surface area contributed by atoms with Crippen LogP contribution in [0, 0.1) is 0 Å². The lowest BCUT2D eigenvalue weighted by Crippen LogP contribution is -2.26. The van der Waals surface area contributed by atoms with Gasteiger partial charge in [-0.05, 0) is 62.6 Å². The Morgan fingerprint density at radius 1 is 1.14 bits per heavy atom. The monoisotopic (exact) mass is 409 g/mol. The number of nitrogens with zero attached hydrogens (tertiary/aromatic N) is 4. The fourth-order valence-electron chi connectivity index (χ4n) is 2.79. The van der Waals surface area contributed by atoms with E-state index < -0.39 is 0 Å². The number of aromatic amines is 1. The lowest BCUT2D eigenvalue weighted by Gasteiger charge is -2.19. The van der Waals surface area contributed by atoms with E-state index in [0.29, 0.717) is 17.8 Å². The van der Waals surface area contributed by atoms with Gasteiger partial charge in [0.05, 0.1) is 11.0 Å². The molecule has 2 heterocycles. The summed E-state index contributed by atoms with van der Waals surface area (Å²) in [7, 11) is 2.02. The Kier molecular flexibility index (Phi) is 5.44. The van der Waals surface area contributed by atoms with Gasteiger partial charge in [-0.2, -0.15) is 4.98 Å². The van der Waals surface area contributed by atoms with Crippen LogP contribution in [0.3, 0.4) is 0 Å².